The van der Waals surface area contributed by atoms with Crippen LogP contribution in [0.3, 0.4) is 0 Å². The van der Waals surface area contributed by atoms with Crippen LogP contribution in [0, 0.1) is 0 Å². The van der Waals surface area contributed by atoms with Gasteiger partial charge >= 0.3 is 0 Å². The molecule has 2 aliphatic heterocycles. The molecule has 34 heavy (non-hydrogen) atoms. The van der Waals surface area contributed by atoms with Crippen molar-refractivity contribution in [3.8, 4) is 11.5 Å². The summed E-state index contributed by atoms with van der Waals surface area (Å²) in [5, 5.41) is 42.1. The number of halogens is 1. The summed E-state index contributed by atoms with van der Waals surface area (Å²) in [6.07, 6.45) is -5.10. The van der Waals surface area contributed by atoms with E-state index in [0.29, 0.717) is 35.8 Å². The maximum Gasteiger partial charge on any atom is 0.228 e. The molecule has 0 spiro atoms. The van der Waals surface area contributed by atoms with Crippen LogP contribution >= 0.6 is 11.6 Å². The van der Waals surface area contributed by atoms with E-state index in [1.54, 1.807) is 6.07 Å². The van der Waals surface area contributed by atoms with Crippen molar-refractivity contribution in [2.24, 2.45) is 0 Å². The molecule has 6 atom stereocenters. The van der Waals surface area contributed by atoms with Crippen LogP contribution in [0.25, 0.3) is 0 Å². The SMILES string of the molecule is CCOc1ccc(Cc2cc(C3(OC)O[C@H](CO)[C@@H](O)[C@H](O)[C@H]3O)c3c(c2Cl)CC(C)O3)cc1. The fourth-order valence-electron chi connectivity index (χ4n) is 4.73. The molecule has 2 aliphatic rings. The third-order valence-corrected chi connectivity index (χ3v) is 6.92. The molecule has 2 heterocycles. The van der Waals surface area contributed by atoms with Gasteiger partial charge < -0.3 is 39.4 Å². The molecule has 0 aliphatic carbocycles. The Kier molecular flexibility index (Phi) is 7.40. The highest BCUT2D eigenvalue weighted by atomic mass is 35.5. The monoisotopic (exact) mass is 494 g/mol. The smallest absolute Gasteiger partial charge is 0.228 e. The Hall–Kier alpha value is -1.91. The quantitative estimate of drug-likeness (QED) is 0.461. The van der Waals surface area contributed by atoms with E-state index in [4.69, 9.17) is 30.5 Å². The van der Waals surface area contributed by atoms with Gasteiger partial charge in [0.25, 0.3) is 0 Å². The summed E-state index contributed by atoms with van der Waals surface area (Å²) in [4.78, 5) is 0. The minimum absolute atomic E-state index is 0.175. The van der Waals surface area contributed by atoms with E-state index in [2.05, 4.69) is 0 Å². The molecule has 9 heteroatoms. The van der Waals surface area contributed by atoms with E-state index in [0.717, 1.165) is 22.4 Å². The van der Waals surface area contributed by atoms with Crippen LogP contribution in [-0.2, 0) is 28.1 Å². The van der Waals surface area contributed by atoms with E-state index in [-0.39, 0.29) is 6.10 Å². The first-order chi connectivity index (χ1) is 16.2. The number of benzene rings is 2. The van der Waals surface area contributed by atoms with Gasteiger partial charge in [-0.1, -0.05) is 23.7 Å². The molecule has 0 bridgehead atoms. The Morgan fingerprint density at radius 2 is 1.85 bits per heavy atom. The van der Waals surface area contributed by atoms with Gasteiger partial charge in [0.1, 0.15) is 42.0 Å². The fraction of sp³-hybridized carbons (Fsp3) is 0.520. The predicted molar refractivity (Wildman–Crippen MR) is 124 cm³/mol. The Morgan fingerprint density at radius 1 is 1.15 bits per heavy atom. The number of ether oxygens (including phenoxy) is 4. The third-order valence-electron chi connectivity index (χ3n) is 6.45. The number of aliphatic hydroxyl groups excluding tert-OH is 4. The van der Waals surface area contributed by atoms with Gasteiger partial charge in [-0.05, 0) is 49.6 Å². The molecule has 1 fully saturated rings. The molecule has 2 aromatic rings. The van der Waals surface area contributed by atoms with Crippen LogP contribution in [0.5, 0.6) is 11.5 Å². The summed E-state index contributed by atoms with van der Waals surface area (Å²) in [5.41, 5.74) is 2.84. The van der Waals surface area contributed by atoms with Crippen LogP contribution in [0.2, 0.25) is 5.02 Å². The lowest BCUT2D eigenvalue weighted by atomic mass is 9.85. The van der Waals surface area contributed by atoms with Crippen LogP contribution in [0.4, 0.5) is 0 Å². The Bertz CT molecular complexity index is 1010. The van der Waals surface area contributed by atoms with Gasteiger partial charge in [0.15, 0.2) is 0 Å². The maximum atomic E-state index is 11.0. The summed E-state index contributed by atoms with van der Waals surface area (Å²) >= 11 is 6.82. The van der Waals surface area contributed by atoms with E-state index >= 15 is 0 Å². The van der Waals surface area contributed by atoms with Crippen molar-refractivity contribution in [3.05, 3.63) is 57.6 Å². The zero-order valence-electron chi connectivity index (χ0n) is 19.4. The molecule has 2 aromatic carbocycles. The zero-order valence-corrected chi connectivity index (χ0v) is 20.2. The van der Waals surface area contributed by atoms with Crippen molar-refractivity contribution in [1.29, 1.82) is 0 Å². The van der Waals surface area contributed by atoms with Crippen molar-refractivity contribution in [3.63, 3.8) is 0 Å². The molecule has 186 valence electrons. The van der Waals surface area contributed by atoms with Crippen LogP contribution in [-0.4, -0.2) is 71.3 Å². The minimum atomic E-state index is -1.89. The molecule has 0 saturated carbocycles. The first-order valence-electron chi connectivity index (χ1n) is 11.4. The Morgan fingerprint density at radius 3 is 2.47 bits per heavy atom. The number of hydrogen-bond acceptors (Lipinski definition) is 8. The zero-order chi connectivity index (χ0) is 24.6. The first kappa shape index (κ1) is 25.2. The average molecular weight is 495 g/mol. The standard InChI is InChI=1S/C25H31ClO8/c1-4-32-16-7-5-14(6-8-16)10-15-11-18(23-17(20(15)26)9-13(2)33-23)25(31-3)24(30)22(29)21(28)19(12-27)34-25/h5-8,11,13,19,21-22,24,27-30H,4,9-10,12H2,1-3H3/t13?,19-,21-,22+,24-,25?/m1/s1. The van der Waals surface area contributed by atoms with Gasteiger partial charge in [-0.25, -0.2) is 0 Å². The lowest BCUT2D eigenvalue weighted by Gasteiger charge is -2.48. The maximum absolute atomic E-state index is 11.0. The van der Waals surface area contributed by atoms with E-state index in [1.807, 2.05) is 38.1 Å². The summed E-state index contributed by atoms with van der Waals surface area (Å²) in [5.74, 6) is -0.707. The van der Waals surface area contributed by atoms with E-state index in [9.17, 15) is 20.4 Å². The van der Waals surface area contributed by atoms with Gasteiger partial charge in [-0.15, -0.1) is 0 Å². The lowest BCUT2D eigenvalue weighted by molar-refractivity contribution is -0.366. The molecule has 4 rings (SSSR count). The van der Waals surface area contributed by atoms with E-state index < -0.39 is 36.8 Å². The summed E-state index contributed by atoms with van der Waals surface area (Å²) < 4.78 is 23.2. The second-order valence-electron chi connectivity index (χ2n) is 8.73. The highest BCUT2D eigenvalue weighted by molar-refractivity contribution is 6.32. The molecule has 2 unspecified atom stereocenters. The molecule has 8 nitrogen and oxygen atoms in total. The van der Waals surface area contributed by atoms with Crippen molar-refractivity contribution in [1.82, 2.24) is 0 Å². The van der Waals surface area contributed by atoms with Crippen LogP contribution in [0.1, 0.15) is 36.1 Å². The van der Waals surface area contributed by atoms with Crippen molar-refractivity contribution < 1.29 is 39.4 Å². The molecule has 0 aromatic heterocycles. The second-order valence-corrected chi connectivity index (χ2v) is 9.11. The van der Waals surface area contributed by atoms with Gasteiger partial charge in [0.05, 0.1) is 23.8 Å². The largest absolute Gasteiger partial charge is 0.494 e. The highest BCUT2D eigenvalue weighted by Crippen LogP contribution is 2.49. The van der Waals surface area contributed by atoms with Crippen molar-refractivity contribution in [2.45, 2.75) is 63.0 Å². The van der Waals surface area contributed by atoms with Gasteiger partial charge in [-0.3, -0.25) is 0 Å². The highest BCUT2D eigenvalue weighted by Gasteiger charge is 2.57. The molecular weight excluding hydrogens is 464 g/mol. The molecular formula is C25H31ClO8. The predicted octanol–water partition coefficient (Wildman–Crippen LogP) is 1.93. The van der Waals surface area contributed by atoms with Gasteiger partial charge in [0.2, 0.25) is 5.79 Å². The fourth-order valence-corrected chi connectivity index (χ4v) is 5.01. The minimum Gasteiger partial charge on any atom is -0.494 e. The van der Waals surface area contributed by atoms with Gasteiger partial charge in [-0.2, -0.15) is 0 Å². The Balaban J connectivity index is 1.81. The van der Waals surface area contributed by atoms with Crippen molar-refractivity contribution >= 4 is 11.6 Å². The molecule has 0 amide bonds. The summed E-state index contributed by atoms with van der Waals surface area (Å²) in [6.45, 7) is 3.82. The number of aliphatic hydroxyl groups is 4. The van der Waals surface area contributed by atoms with Crippen molar-refractivity contribution in [2.75, 3.05) is 20.3 Å². The topological polar surface area (TPSA) is 118 Å². The van der Waals surface area contributed by atoms with Crippen LogP contribution < -0.4 is 9.47 Å². The van der Waals surface area contributed by atoms with Crippen LogP contribution in [0.15, 0.2) is 30.3 Å². The molecule has 0 radical (unpaired) electrons. The Labute approximate surface area is 203 Å². The normalized spacial score (nSPS) is 30.6. The number of fused-ring (bicyclic) bond motifs is 1. The third kappa shape index (κ3) is 4.28. The number of hydrogen-bond donors (Lipinski definition) is 4. The molecule has 4 N–H and O–H groups in total. The molecule has 1 saturated heterocycles. The first-order valence-corrected chi connectivity index (χ1v) is 11.7. The summed E-state index contributed by atoms with van der Waals surface area (Å²) in [7, 11) is 1.33. The lowest BCUT2D eigenvalue weighted by Crippen LogP contribution is -2.64. The van der Waals surface area contributed by atoms with Gasteiger partial charge in [0, 0.05) is 19.1 Å². The number of methoxy groups -OCH3 is 1. The average Bonchev–Trinajstić information content (AvgIpc) is 3.23. The second kappa shape index (κ2) is 9.99. The number of rotatable bonds is 7. The van der Waals surface area contributed by atoms with E-state index in [1.165, 1.54) is 7.11 Å². The summed E-state index contributed by atoms with van der Waals surface area (Å²) in [6, 6.07) is 9.42.